The smallest absolute Gasteiger partial charge is 0.270 e. The van der Waals surface area contributed by atoms with E-state index in [0.29, 0.717) is 15.8 Å². The number of hydrogen-bond acceptors (Lipinski definition) is 4. The van der Waals surface area contributed by atoms with Crippen LogP contribution in [-0.2, 0) is 11.4 Å². The van der Waals surface area contributed by atoms with E-state index in [9.17, 15) is 4.79 Å². The van der Waals surface area contributed by atoms with Gasteiger partial charge in [0.15, 0.2) is 4.32 Å². The summed E-state index contributed by atoms with van der Waals surface area (Å²) in [5.41, 5.74) is 2.84. The fourth-order valence-corrected chi connectivity index (χ4v) is 4.87. The number of thioether (sulfide) groups is 1. The molecular weight excluding hydrogens is 434 g/mol. The van der Waals surface area contributed by atoms with Gasteiger partial charge in [0.1, 0.15) is 12.4 Å². The Morgan fingerprint density at radius 2 is 1.56 bits per heavy atom. The minimum Gasteiger partial charge on any atom is -0.489 e. The van der Waals surface area contributed by atoms with E-state index in [4.69, 9.17) is 17.0 Å². The number of fused-ring (bicyclic) bond motifs is 1. The molecule has 5 heteroatoms. The van der Waals surface area contributed by atoms with Gasteiger partial charge in [0, 0.05) is 0 Å². The van der Waals surface area contributed by atoms with Gasteiger partial charge in [-0.05, 0) is 58.3 Å². The summed E-state index contributed by atoms with van der Waals surface area (Å²) in [6.45, 7) is 0.500. The van der Waals surface area contributed by atoms with Crippen molar-refractivity contribution in [2.75, 3.05) is 4.90 Å². The molecule has 3 nitrogen and oxygen atoms in total. The van der Waals surface area contributed by atoms with Crippen LogP contribution in [0.4, 0.5) is 5.69 Å². The molecule has 0 aliphatic carbocycles. The van der Waals surface area contributed by atoms with Crippen LogP contribution in [-0.4, -0.2) is 10.2 Å². The third-order valence-electron chi connectivity index (χ3n) is 5.21. The maximum Gasteiger partial charge on any atom is 0.270 e. The lowest BCUT2D eigenvalue weighted by molar-refractivity contribution is -0.113. The highest BCUT2D eigenvalue weighted by Crippen LogP contribution is 2.36. The van der Waals surface area contributed by atoms with E-state index in [2.05, 4.69) is 30.3 Å². The molecule has 4 aromatic carbocycles. The monoisotopic (exact) mass is 453 g/mol. The molecule has 1 amide bonds. The van der Waals surface area contributed by atoms with Crippen LogP contribution < -0.4 is 9.64 Å². The van der Waals surface area contributed by atoms with Crippen molar-refractivity contribution in [3.8, 4) is 5.75 Å². The number of thiocarbonyl (C=S) groups is 1. The molecule has 0 N–H and O–H groups in total. The second-order valence-electron chi connectivity index (χ2n) is 7.39. The first-order chi connectivity index (χ1) is 15.7. The van der Waals surface area contributed by atoms with E-state index in [1.165, 1.54) is 22.5 Å². The maximum atomic E-state index is 12.9. The largest absolute Gasteiger partial charge is 0.489 e. The summed E-state index contributed by atoms with van der Waals surface area (Å²) in [6.07, 6.45) is 1.87. The summed E-state index contributed by atoms with van der Waals surface area (Å²) in [4.78, 5) is 15.1. The molecule has 1 fully saturated rings. The third-order valence-corrected chi connectivity index (χ3v) is 6.51. The predicted octanol–water partition coefficient (Wildman–Crippen LogP) is 6.82. The zero-order valence-corrected chi connectivity index (χ0v) is 18.7. The molecule has 1 aliphatic rings. The molecule has 1 saturated heterocycles. The van der Waals surface area contributed by atoms with Gasteiger partial charge in [-0.25, -0.2) is 0 Å². The molecule has 0 radical (unpaired) electrons. The third kappa shape index (κ3) is 4.31. The number of benzene rings is 4. The van der Waals surface area contributed by atoms with E-state index < -0.39 is 0 Å². The van der Waals surface area contributed by atoms with Crippen LogP contribution in [0.1, 0.15) is 11.1 Å². The van der Waals surface area contributed by atoms with Crippen LogP contribution in [0.2, 0.25) is 0 Å². The van der Waals surface area contributed by atoms with E-state index in [1.807, 2.05) is 72.8 Å². The summed E-state index contributed by atoms with van der Waals surface area (Å²) in [6, 6.07) is 31.9. The van der Waals surface area contributed by atoms with E-state index in [-0.39, 0.29) is 5.91 Å². The second kappa shape index (κ2) is 8.99. The minimum absolute atomic E-state index is 0.0946. The average Bonchev–Trinajstić information content (AvgIpc) is 3.11. The van der Waals surface area contributed by atoms with Crippen LogP contribution in [0.5, 0.6) is 5.75 Å². The summed E-state index contributed by atoms with van der Waals surface area (Å²) < 4.78 is 6.50. The first-order valence-corrected chi connectivity index (χ1v) is 11.4. The van der Waals surface area contributed by atoms with E-state index in [0.717, 1.165) is 22.6 Å². The van der Waals surface area contributed by atoms with E-state index >= 15 is 0 Å². The molecule has 4 aromatic rings. The summed E-state index contributed by atoms with van der Waals surface area (Å²) in [7, 11) is 0. The second-order valence-corrected chi connectivity index (χ2v) is 9.07. The first kappa shape index (κ1) is 20.5. The Kier molecular flexibility index (Phi) is 5.75. The molecule has 0 unspecified atom stereocenters. The van der Waals surface area contributed by atoms with E-state index in [1.54, 1.807) is 4.90 Å². The highest BCUT2D eigenvalue weighted by molar-refractivity contribution is 8.27. The molecule has 0 spiro atoms. The van der Waals surface area contributed by atoms with Crippen molar-refractivity contribution in [3.63, 3.8) is 0 Å². The normalized spacial score (nSPS) is 15.0. The summed E-state index contributed by atoms with van der Waals surface area (Å²) in [5.74, 6) is 0.690. The topological polar surface area (TPSA) is 29.5 Å². The van der Waals surface area contributed by atoms with Crippen molar-refractivity contribution in [1.82, 2.24) is 0 Å². The van der Waals surface area contributed by atoms with Gasteiger partial charge in [0.05, 0.1) is 10.6 Å². The van der Waals surface area contributed by atoms with Gasteiger partial charge in [-0.3, -0.25) is 9.69 Å². The van der Waals surface area contributed by atoms with Gasteiger partial charge in [-0.1, -0.05) is 90.7 Å². The Labute approximate surface area is 196 Å². The minimum atomic E-state index is -0.0946. The number of carbonyl (C=O) groups excluding carboxylic acids is 1. The summed E-state index contributed by atoms with van der Waals surface area (Å²) in [5, 5.41) is 2.43. The van der Waals surface area contributed by atoms with Crippen molar-refractivity contribution < 1.29 is 9.53 Å². The number of para-hydroxylation sites is 1. The molecule has 1 heterocycles. The highest BCUT2D eigenvalue weighted by Gasteiger charge is 2.33. The summed E-state index contributed by atoms with van der Waals surface area (Å²) >= 11 is 6.75. The Bertz CT molecular complexity index is 1330. The Morgan fingerprint density at radius 3 is 2.34 bits per heavy atom. The fourth-order valence-electron chi connectivity index (χ4n) is 3.57. The van der Waals surface area contributed by atoms with Gasteiger partial charge in [0.25, 0.3) is 5.91 Å². The highest BCUT2D eigenvalue weighted by atomic mass is 32.2. The number of amides is 1. The molecule has 1 aliphatic heterocycles. The van der Waals surface area contributed by atoms with Crippen molar-refractivity contribution in [2.24, 2.45) is 0 Å². The lowest BCUT2D eigenvalue weighted by atomic mass is 10.1. The van der Waals surface area contributed by atoms with Crippen molar-refractivity contribution in [3.05, 3.63) is 113 Å². The fraction of sp³-hybridized carbons (Fsp3) is 0.0370. The Morgan fingerprint density at radius 1 is 0.844 bits per heavy atom. The Balaban J connectivity index is 1.27. The number of carbonyl (C=O) groups is 1. The van der Waals surface area contributed by atoms with Gasteiger partial charge >= 0.3 is 0 Å². The number of anilines is 1. The van der Waals surface area contributed by atoms with Crippen LogP contribution in [0.25, 0.3) is 16.8 Å². The zero-order valence-electron chi connectivity index (χ0n) is 17.1. The predicted molar refractivity (Wildman–Crippen MR) is 137 cm³/mol. The van der Waals surface area contributed by atoms with Gasteiger partial charge in [-0.2, -0.15) is 0 Å². The van der Waals surface area contributed by atoms with Crippen LogP contribution in [0.15, 0.2) is 102 Å². The number of nitrogens with zero attached hydrogens (tertiary/aromatic N) is 1. The van der Waals surface area contributed by atoms with Gasteiger partial charge in [0.2, 0.25) is 0 Å². The Hall–Kier alpha value is -3.41. The lowest BCUT2D eigenvalue weighted by Crippen LogP contribution is -2.27. The van der Waals surface area contributed by atoms with Crippen molar-refractivity contribution in [1.29, 1.82) is 0 Å². The standard InChI is InChI=1S/C27H19NO2S2/c29-26-25(32-27(31)28(26)23-8-2-1-3-9-23)17-19-11-14-24(15-12-19)30-18-20-10-13-21-6-4-5-7-22(21)16-20/h1-17H,18H2/b25-17+. The quantitative estimate of drug-likeness (QED) is 0.245. The number of rotatable bonds is 5. The lowest BCUT2D eigenvalue weighted by Gasteiger charge is -2.13. The number of ether oxygens (including phenoxy) is 1. The van der Waals surface area contributed by atoms with Gasteiger partial charge < -0.3 is 4.74 Å². The van der Waals surface area contributed by atoms with Crippen LogP contribution in [0.3, 0.4) is 0 Å². The molecule has 5 rings (SSSR count). The SMILES string of the molecule is O=C1/C(=C\c2ccc(OCc3ccc4ccccc4c3)cc2)SC(=S)N1c1ccccc1. The maximum absolute atomic E-state index is 12.9. The van der Waals surface area contributed by atoms with Crippen molar-refractivity contribution >= 4 is 56.7 Å². The molecular formula is C27H19NO2S2. The first-order valence-electron chi connectivity index (χ1n) is 10.2. The number of hydrogen-bond donors (Lipinski definition) is 0. The molecule has 0 atom stereocenters. The van der Waals surface area contributed by atoms with Crippen LogP contribution >= 0.6 is 24.0 Å². The average molecular weight is 454 g/mol. The molecule has 0 bridgehead atoms. The molecule has 32 heavy (non-hydrogen) atoms. The molecule has 0 saturated carbocycles. The van der Waals surface area contributed by atoms with Gasteiger partial charge in [-0.15, -0.1) is 0 Å². The molecule has 156 valence electrons. The van der Waals surface area contributed by atoms with Crippen LogP contribution in [0, 0.1) is 0 Å². The van der Waals surface area contributed by atoms with Crippen molar-refractivity contribution in [2.45, 2.75) is 6.61 Å². The molecule has 0 aromatic heterocycles. The zero-order chi connectivity index (χ0) is 21.9.